The van der Waals surface area contributed by atoms with Crippen LogP contribution in [-0.2, 0) is 9.47 Å². The zero-order valence-corrected chi connectivity index (χ0v) is 14.0. The zero-order valence-electron chi connectivity index (χ0n) is 12.2. The Balaban J connectivity index is 3.99. The molecular weight excluding hydrogens is 300 g/mol. The van der Waals surface area contributed by atoms with Gasteiger partial charge in [-0.1, -0.05) is 13.8 Å². The van der Waals surface area contributed by atoms with Crippen molar-refractivity contribution >= 4 is 25.3 Å². The highest BCUT2D eigenvalue weighted by Crippen LogP contribution is 2.22. The Labute approximate surface area is 132 Å². The number of hydrogen-bond donors (Lipinski definition) is 6. The summed E-state index contributed by atoms with van der Waals surface area (Å²) in [6.07, 6.45) is -1.23. The lowest BCUT2D eigenvalue weighted by molar-refractivity contribution is -0.176. The molecule has 122 valence electrons. The lowest BCUT2D eigenvalue weighted by atomic mass is 9.90. The molecule has 0 aromatic carbocycles. The number of aliphatic hydroxyl groups is 2. The molecule has 0 aliphatic heterocycles. The van der Waals surface area contributed by atoms with E-state index in [1.54, 1.807) is 0 Å². The lowest BCUT2D eigenvalue weighted by Gasteiger charge is -2.30. The molecule has 0 aromatic rings. The minimum absolute atomic E-state index is 0.284. The summed E-state index contributed by atoms with van der Waals surface area (Å²) in [5, 5.41) is 24.6. The van der Waals surface area contributed by atoms with Crippen LogP contribution in [0.2, 0.25) is 0 Å². The first-order chi connectivity index (χ1) is 9.47. The van der Waals surface area contributed by atoms with E-state index in [0.29, 0.717) is 37.8 Å². The van der Waals surface area contributed by atoms with Crippen molar-refractivity contribution in [2.75, 3.05) is 37.8 Å². The van der Waals surface area contributed by atoms with E-state index in [2.05, 4.69) is 35.9 Å². The summed E-state index contributed by atoms with van der Waals surface area (Å²) in [4.78, 5) is 0. The van der Waals surface area contributed by atoms with Gasteiger partial charge >= 0.3 is 0 Å². The summed E-state index contributed by atoms with van der Waals surface area (Å²) in [6, 6.07) is 0. The maximum atomic E-state index is 9.55. The average molecular weight is 328 g/mol. The van der Waals surface area contributed by atoms with Crippen LogP contribution in [0.1, 0.15) is 20.3 Å². The molecule has 0 bridgehead atoms. The summed E-state index contributed by atoms with van der Waals surface area (Å²) in [6.45, 7) is 5.76. The smallest absolute Gasteiger partial charge is 0.213 e. The van der Waals surface area contributed by atoms with Gasteiger partial charge in [0.25, 0.3) is 0 Å². The molecule has 8 heteroatoms. The number of rotatable bonds is 13. The summed E-state index contributed by atoms with van der Waals surface area (Å²) in [7, 11) is 0. The fourth-order valence-electron chi connectivity index (χ4n) is 1.30. The highest BCUT2D eigenvalue weighted by Gasteiger charge is 2.25. The van der Waals surface area contributed by atoms with Gasteiger partial charge in [-0.05, 0) is 6.42 Å². The molecule has 0 rings (SSSR count). The highest BCUT2D eigenvalue weighted by molar-refractivity contribution is 7.80. The fraction of sp³-hybridized carbons (Fsp3) is 1.00. The van der Waals surface area contributed by atoms with E-state index in [4.69, 9.17) is 9.47 Å². The van der Waals surface area contributed by atoms with E-state index in [1.165, 1.54) is 0 Å². The predicted molar refractivity (Wildman–Crippen MR) is 86.0 cm³/mol. The third-order valence-electron chi connectivity index (χ3n) is 2.89. The van der Waals surface area contributed by atoms with Gasteiger partial charge in [-0.3, -0.25) is 10.6 Å². The Hall–Kier alpha value is 0.460. The van der Waals surface area contributed by atoms with Gasteiger partial charge in [0, 0.05) is 30.0 Å². The number of ether oxygens (including phenoxy) is 2. The molecular formula is C12H28N2O4S2. The lowest BCUT2D eigenvalue weighted by Crippen LogP contribution is -2.40. The van der Waals surface area contributed by atoms with Crippen LogP contribution in [0.4, 0.5) is 0 Å². The second-order valence-electron chi connectivity index (χ2n) is 4.85. The Morgan fingerprint density at radius 2 is 1.40 bits per heavy atom. The van der Waals surface area contributed by atoms with Gasteiger partial charge in [-0.25, -0.2) is 0 Å². The maximum Gasteiger partial charge on any atom is 0.213 e. The van der Waals surface area contributed by atoms with Gasteiger partial charge in [0.2, 0.25) is 12.8 Å². The summed E-state index contributed by atoms with van der Waals surface area (Å²) >= 11 is 8.07. The van der Waals surface area contributed by atoms with E-state index >= 15 is 0 Å². The van der Waals surface area contributed by atoms with Crippen LogP contribution in [0.15, 0.2) is 0 Å². The van der Waals surface area contributed by atoms with Gasteiger partial charge in [0.1, 0.15) is 0 Å². The van der Waals surface area contributed by atoms with Crippen molar-refractivity contribution in [1.82, 2.24) is 10.6 Å². The average Bonchev–Trinajstić information content (AvgIpc) is 2.46. The molecule has 20 heavy (non-hydrogen) atoms. The summed E-state index contributed by atoms with van der Waals surface area (Å²) in [5.41, 5.74) is -0.284. The fourth-order valence-corrected chi connectivity index (χ4v) is 1.56. The van der Waals surface area contributed by atoms with Gasteiger partial charge < -0.3 is 19.7 Å². The van der Waals surface area contributed by atoms with Crippen LogP contribution in [0, 0.1) is 5.41 Å². The molecule has 0 amide bonds. The van der Waals surface area contributed by atoms with Crippen molar-refractivity contribution in [2.24, 2.45) is 5.41 Å². The molecule has 0 spiro atoms. The van der Waals surface area contributed by atoms with Crippen molar-refractivity contribution in [1.29, 1.82) is 0 Å². The third kappa shape index (κ3) is 10.2. The van der Waals surface area contributed by atoms with Crippen LogP contribution in [0.5, 0.6) is 0 Å². The van der Waals surface area contributed by atoms with Crippen LogP contribution >= 0.6 is 25.3 Å². The van der Waals surface area contributed by atoms with Crippen molar-refractivity contribution < 1.29 is 19.7 Å². The molecule has 6 nitrogen and oxygen atoms in total. The van der Waals surface area contributed by atoms with E-state index in [-0.39, 0.29) is 5.41 Å². The number of thiol groups is 2. The van der Waals surface area contributed by atoms with Gasteiger partial charge in [0.15, 0.2) is 0 Å². The SMILES string of the molecule is CCC(C)(COC(O)NCCS)COC(O)NCCS. The Morgan fingerprint density at radius 3 is 1.70 bits per heavy atom. The minimum Gasteiger partial charge on any atom is -0.356 e. The quantitative estimate of drug-likeness (QED) is 0.211. The summed E-state index contributed by atoms with van der Waals surface area (Å²) in [5.74, 6) is 1.25. The maximum absolute atomic E-state index is 9.55. The van der Waals surface area contributed by atoms with E-state index in [0.717, 1.165) is 6.42 Å². The number of hydrogen-bond acceptors (Lipinski definition) is 8. The zero-order chi connectivity index (χ0) is 15.4. The first-order valence-corrected chi connectivity index (χ1v) is 8.01. The van der Waals surface area contributed by atoms with Crippen LogP contribution in [-0.4, -0.2) is 60.8 Å². The normalized spacial score (nSPS) is 17.7. The van der Waals surface area contributed by atoms with Gasteiger partial charge in [-0.15, -0.1) is 0 Å². The Morgan fingerprint density at radius 1 is 1.00 bits per heavy atom. The van der Waals surface area contributed by atoms with Crippen LogP contribution in [0.25, 0.3) is 0 Å². The Kier molecular flexibility index (Phi) is 12.3. The third-order valence-corrected chi connectivity index (χ3v) is 3.34. The second-order valence-corrected chi connectivity index (χ2v) is 5.74. The first-order valence-electron chi connectivity index (χ1n) is 6.75. The molecule has 0 radical (unpaired) electrons. The Bertz CT molecular complexity index is 220. The molecule has 0 heterocycles. The molecule has 0 aliphatic rings. The summed E-state index contributed by atoms with van der Waals surface area (Å²) < 4.78 is 10.7. The van der Waals surface area contributed by atoms with E-state index < -0.39 is 12.8 Å². The first kappa shape index (κ1) is 20.5. The topological polar surface area (TPSA) is 83.0 Å². The molecule has 4 N–H and O–H groups in total. The van der Waals surface area contributed by atoms with Crippen molar-refractivity contribution in [3.63, 3.8) is 0 Å². The molecule has 0 aromatic heterocycles. The minimum atomic E-state index is -1.01. The molecule has 2 atom stereocenters. The molecule has 0 fully saturated rings. The van der Waals surface area contributed by atoms with Crippen LogP contribution < -0.4 is 10.6 Å². The number of nitrogens with one attached hydrogen (secondary N) is 2. The molecule has 0 saturated carbocycles. The van der Waals surface area contributed by atoms with E-state index in [1.807, 2.05) is 13.8 Å². The van der Waals surface area contributed by atoms with Crippen molar-refractivity contribution in [3.05, 3.63) is 0 Å². The van der Waals surface area contributed by atoms with Gasteiger partial charge in [-0.2, -0.15) is 25.3 Å². The predicted octanol–water partition coefficient (Wildman–Crippen LogP) is 0.0265. The standard InChI is InChI=1S/C12H28N2O4S2/c1-3-12(2,8-17-10(15)13-4-6-19)9-18-11(16)14-5-7-20/h10-11,13-16,19-20H,3-9H2,1-2H3. The molecule has 2 unspecified atom stereocenters. The highest BCUT2D eigenvalue weighted by atomic mass is 32.1. The van der Waals surface area contributed by atoms with Crippen LogP contribution in [0.3, 0.4) is 0 Å². The van der Waals surface area contributed by atoms with Gasteiger partial charge in [0.05, 0.1) is 13.2 Å². The van der Waals surface area contributed by atoms with Crippen molar-refractivity contribution in [2.45, 2.75) is 33.1 Å². The van der Waals surface area contributed by atoms with E-state index in [9.17, 15) is 10.2 Å². The molecule has 0 aliphatic carbocycles. The van der Waals surface area contributed by atoms with Crippen molar-refractivity contribution in [3.8, 4) is 0 Å². The largest absolute Gasteiger partial charge is 0.356 e. The molecule has 0 saturated heterocycles. The second kappa shape index (κ2) is 12.0. The monoisotopic (exact) mass is 328 g/mol. The number of aliphatic hydroxyl groups excluding tert-OH is 2.